The lowest BCUT2D eigenvalue weighted by Crippen LogP contribution is -2.14. The van der Waals surface area contributed by atoms with Crippen LogP contribution in [-0.4, -0.2) is 23.8 Å². The number of rotatable bonds is 4. The maximum atomic E-state index is 13.0. The summed E-state index contributed by atoms with van der Waals surface area (Å²) in [5.74, 6) is -1.13. The lowest BCUT2D eigenvalue weighted by molar-refractivity contribution is -0.141. The average molecular weight is 356 g/mol. The van der Waals surface area contributed by atoms with Crippen LogP contribution in [0, 0.1) is 6.92 Å². The number of ketones is 1. The summed E-state index contributed by atoms with van der Waals surface area (Å²) in [6, 6.07) is 12.5. The van der Waals surface area contributed by atoms with Crippen molar-refractivity contribution in [3.05, 3.63) is 69.9 Å². The molecular formula is C20H18ClNO3. The average Bonchev–Trinajstić information content (AvgIpc) is 2.98. The van der Waals surface area contributed by atoms with E-state index < -0.39 is 5.92 Å². The molecule has 25 heavy (non-hydrogen) atoms. The van der Waals surface area contributed by atoms with Crippen molar-refractivity contribution in [2.45, 2.75) is 19.8 Å². The second kappa shape index (κ2) is 6.73. The fourth-order valence-corrected chi connectivity index (χ4v) is 3.13. The molecule has 0 aliphatic rings. The number of hydrogen-bond acceptors (Lipinski definition) is 3. The Bertz CT molecular complexity index is 957. The lowest BCUT2D eigenvalue weighted by atomic mass is 9.94. The number of aromatic nitrogens is 1. The van der Waals surface area contributed by atoms with Gasteiger partial charge in [0.2, 0.25) is 5.78 Å². The molecule has 4 nitrogen and oxygen atoms in total. The first-order chi connectivity index (χ1) is 11.9. The standard InChI is InChI=1S/C20H18ClNO3/c1-11-4-9-15-16(10-11)22-18(17(15)12(2)20(24)25-3)19(23)13-5-7-14(21)8-6-13/h4-10,12,22H,1-3H3. The van der Waals surface area contributed by atoms with Crippen LogP contribution in [0.2, 0.25) is 5.02 Å². The van der Waals surface area contributed by atoms with E-state index in [1.54, 1.807) is 31.2 Å². The van der Waals surface area contributed by atoms with Crippen LogP contribution >= 0.6 is 11.6 Å². The predicted molar refractivity (Wildman–Crippen MR) is 98.4 cm³/mol. The summed E-state index contributed by atoms with van der Waals surface area (Å²) in [6.45, 7) is 3.72. The van der Waals surface area contributed by atoms with Gasteiger partial charge in [0.1, 0.15) is 0 Å². The number of aromatic amines is 1. The smallest absolute Gasteiger partial charge is 0.312 e. The number of benzene rings is 2. The second-order valence-electron chi connectivity index (χ2n) is 6.04. The van der Waals surface area contributed by atoms with Crippen LogP contribution < -0.4 is 0 Å². The first kappa shape index (κ1) is 17.2. The number of esters is 1. The van der Waals surface area contributed by atoms with Gasteiger partial charge in [-0.15, -0.1) is 0 Å². The Morgan fingerprint density at radius 1 is 1.12 bits per heavy atom. The third-order valence-corrected chi connectivity index (χ3v) is 4.57. The van der Waals surface area contributed by atoms with Crippen molar-refractivity contribution in [2.24, 2.45) is 0 Å². The zero-order valence-corrected chi connectivity index (χ0v) is 15.0. The molecule has 0 amide bonds. The number of carbonyl (C=O) groups is 2. The molecule has 0 aliphatic carbocycles. The van der Waals surface area contributed by atoms with Gasteiger partial charge in [-0.1, -0.05) is 23.7 Å². The second-order valence-corrected chi connectivity index (χ2v) is 6.48. The third kappa shape index (κ3) is 3.17. The van der Waals surface area contributed by atoms with Crippen LogP contribution in [0.3, 0.4) is 0 Å². The topological polar surface area (TPSA) is 59.2 Å². The van der Waals surface area contributed by atoms with E-state index in [1.165, 1.54) is 7.11 Å². The largest absolute Gasteiger partial charge is 0.469 e. The van der Waals surface area contributed by atoms with Crippen LogP contribution in [0.25, 0.3) is 10.9 Å². The summed E-state index contributed by atoms with van der Waals surface area (Å²) in [7, 11) is 1.35. The third-order valence-electron chi connectivity index (χ3n) is 4.32. The molecule has 0 saturated heterocycles. The summed E-state index contributed by atoms with van der Waals surface area (Å²) < 4.78 is 4.88. The fourth-order valence-electron chi connectivity index (χ4n) is 3.00. The fraction of sp³-hybridized carbons (Fsp3) is 0.200. The van der Waals surface area contributed by atoms with E-state index in [2.05, 4.69) is 4.98 Å². The Hall–Kier alpha value is -2.59. The first-order valence-electron chi connectivity index (χ1n) is 7.92. The predicted octanol–water partition coefficient (Wildman–Crippen LogP) is 4.64. The maximum Gasteiger partial charge on any atom is 0.312 e. The molecule has 0 radical (unpaired) electrons. The lowest BCUT2D eigenvalue weighted by Gasteiger charge is -2.11. The summed E-state index contributed by atoms with van der Waals surface area (Å²) in [5, 5.41) is 1.41. The molecule has 5 heteroatoms. The highest BCUT2D eigenvalue weighted by atomic mass is 35.5. The monoisotopic (exact) mass is 355 g/mol. The molecule has 1 atom stereocenters. The summed E-state index contributed by atoms with van der Waals surface area (Å²) in [6.07, 6.45) is 0. The van der Waals surface area contributed by atoms with Crippen molar-refractivity contribution < 1.29 is 14.3 Å². The molecule has 1 aromatic heterocycles. The van der Waals surface area contributed by atoms with Crippen LogP contribution in [-0.2, 0) is 9.53 Å². The van der Waals surface area contributed by atoms with Crippen LogP contribution in [0.5, 0.6) is 0 Å². The Morgan fingerprint density at radius 2 is 1.80 bits per heavy atom. The minimum Gasteiger partial charge on any atom is -0.469 e. The van der Waals surface area contributed by atoms with Crippen LogP contribution in [0.1, 0.15) is 40.0 Å². The van der Waals surface area contributed by atoms with Gasteiger partial charge in [-0.3, -0.25) is 9.59 Å². The highest BCUT2D eigenvalue weighted by Crippen LogP contribution is 2.32. The minimum absolute atomic E-state index is 0.184. The molecule has 0 spiro atoms. The normalized spacial score (nSPS) is 12.2. The maximum absolute atomic E-state index is 13.0. The van der Waals surface area contributed by atoms with E-state index in [0.29, 0.717) is 21.8 Å². The Balaban J connectivity index is 2.20. The number of halogens is 1. The van der Waals surface area contributed by atoms with Crippen molar-refractivity contribution in [2.75, 3.05) is 7.11 Å². The molecule has 3 rings (SSSR count). The quantitative estimate of drug-likeness (QED) is 0.548. The Kier molecular flexibility index (Phi) is 4.64. The highest BCUT2D eigenvalue weighted by molar-refractivity contribution is 6.30. The molecule has 0 saturated carbocycles. The summed E-state index contributed by atoms with van der Waals surface area (Å²) >= 11 is 5.91. The molecule has 0 bridgehead atoms. The van der Waals surface area contributed by atoms with Gasteiger partial charge >= 0.3 is 5.97 Å². The number of aryl methyl sites for hydroxylation is 1. The van der Waals surface area contributed by atoms with Gasteiger partial charge in [0, 0.05) is 27.1 Å². The summed E-state index contributed by atoms with van der Waals surface area (Å²) in [5.41, 5.74) is 3.45. The molecule has 1 N–H and O–H groups in total. The number of fused-ring (bicyclic) bond motifs is 1. The zero-order valence-electron chi connectivity index (χ0n) is 14.2. The zero-order chi connectivity index (χ0) is 18.1. The van der Waals surface area contributed by atoms with Crippen LogP contribution in [0.15, 0.2) is 42.5 Å². The van der Waals surface area contributed by atoms with Crippen molar-refractivity contribution in [1.82, 2.24) is 4.98 Å². The van der Waals surface area contributed by atoms with E-state index >= 15 is 0 Å². The van der Waals surface area contributed by atoms with E-state index in [4.69, 9.17) is 16.3 Å². The van der Waals surface area contributed by atoms with Gasteiger partial charge in [0.25, 0.3) is 0 Å². The van der Waals surface area contributed by atoms with Crippen molar-refractivity contribution in [3.8, 4) is 0 Å². The first-order valence-corrected chi connectivity index (χ1v) is 8.30. The van der Waals surface area contributed by atoms with Gasteiger partial charge in [-0.2, -0.15) is 0 Å². The number of ether oxygens (including phenoxy) is 1. The molecule has 2 aromatic carbocycles. The number of nitrogens with one attached hydrogen (secondary N) is 1. The molecule has 0 aliphatic heterocycles. The molecular weight excluding hydrogens is 338 g/mol. The Morgan fingerprint density at radius 3 is 2.44 bits per heavy atom. The Labute approximate surface area is 150 Å². The van der Waals surface area contributed by atoms with Gasteiger partial charge < -0.3 is 9.72 Å². The van der Waals surface area contributed by atoms with E-state index in [-0.39, 0.29) is 11.8 Å². The number of carbonyl (C=O) groups excluding carboxylic acids is 2. The molecule has 1 unspecified atom stereocenters. The van der Waals surface area contributed by atoms with E-state index in [1.807, 2.05) is 25.1 Å². The van der Waals surface area contributed by atoms with Gasteiger partial charge in [-0.05, 0) is 49.7 Å². The van der Waals surface area contributed by atoms with E-state index in [0.717, 1.165) is 16.5 Å². The SMILES string of the molecule is COC(=O)C(C)c1c(C(=O)c2ccc(Cl)cc2)[nH]c2cc(C)ccc12. The highest BCUT2D eigenvalue weighted by Gasteiger charge is 2.27. The van der Waals surface area contributed by atoms with Crippen molar-refractivity contribution in [3.63, 3.8) is 0 Å². The van der Waals surface area contributed by atoms with Crippen molar-refractivity contribution >= 4 is 34.3 Å². The van der Waals surface area contributed by atoms with Gasteiger partial charge in [-0.25, -0.2) is 0 Å². The molecule has 1 heterocycles. The summed E-state index contributed by atoms with van der Waals surface area (Å²) in [4.78, 5) is 28.3. The molecule has 0 fully saturated rings. The van der Waals surface area contributed by atoms with Gasteiger partial charge in [0.15, 0.2) is 0 Å². The number of hydrogen-bond donors (Lipinski definition) is 1. The molecule has 128 valence electrons. The minimum atomic E-state index is -0.562. The molecule has 3 aromatic rings. The van der Waals surface area contributed by atoms with Crippen LogP contribution in [0.4, 0.5) is 0 Å². The van der Waals surface area contributed by atoms with Crippen molar-refractivity contribution in [1.29, 1.82) is 0 Å². The number of H-pyrrole nitrogens is 1. The van der Waals surface area contributed by atoms with E-state index in [9.17, 15) is 9.59 Å². The van der Waals surface area contributed by atoms with Gasteiger partial charge in [0.05, 0.1) is 18.7 Å². The number of methoxy groups -OCH3 is 1.